The second kappa shape index (κ2) is 12.4. The molecule has 2 aliphatic rings. The number of benzene rings is 7. The summed E-state index contributed by atoms with van der Waals surface area (Å²) < 4.78 is 2.37. The highest BCUT2D eigenvalue weighted by Crippen LogP contribution is 2.52. The number of allylic oxidation sites excluding steroid dienone is 4. The van der Waals surface area contributed by atoms with Crippen molar-refractivity contribution in [1.82, 2.24) is 4.57 Å². The number of hydrogen-bond donors (Lipinski definition) is 0. The van der Waals surface area contributed by atoms with Gasteiger partial charge in [0.2, 0.25) is 0 Å². The summed E-state index contributed by atoms with van der Waals surface area (Å²) in [6.07, 6.45) is 5.86. The van der Waals surface area contributed by atoms with E-state index in [9.17, 15) is 0 Å². The minimum absolute atomic E-state index is 0.0541. The number of nitrogens with zero attached hydrogens (tertiary/aromatic N) is 2. The molecule has 0 saturated heterocycles. The second-order valence-electron chi connectivity index (χ2n) is 15.0. The molecule has 1 aromatic heterocycles. The normalized spacial score (nSPS) is 15.8. The molecule has 2 nitrogen and oxygen atoms in total. The Morgan fingerprint density at radius 2 is 1.15 bits per heavy atom. The van der Waals surface area contributed by atoms with Crippen LogP contribution in [0.4, 0.5) is 17.1 Å². The van der Waals surface area contributed by atoms with E-state index in [4.69, 9.17) is 0 Å². The van der Waals surface area contributed by atoms with Crippen molar-refractivity contribution in [2.75, 3.05) is 4.90 Å². The fourth-order valence-electron chi connectivity index (χ4n) is 8.92. The van der Waals surface area contributed by atoms with Crippen LogP contribution >= 0.6 is 0 Å². The molecule has 0 amide bonds. The minimum Gasteiger partial charge on any atom is -0.311 e. The molecule has 8 aromatic rings. The van der Waals surface area contributed by atoms with E-state index in [2.05, 4.69) is 211 Å². The first-order valence-corrected chi connectivity index (χ1v) is 18.7. The van der Waals surface area contributed by atoms with Crippen molar-refractivity contribution in [1.29, 1.82) is 0 Å². The highest BCUT2D eigenvalue weighted by Gasteiger charge is 2.38. The molecule has 1 heterocycles. The van der Waals surface area contributed by atoms with Gasteiger partial charge in [0.1, 0.15) is 0 Å². The molecule has 10 rings (SSSR count). The zero-order chi connectivity index (χ0) is 35.5. The Kier molecular flexibility index (Phi) is 7.33. The van der Waals surface area contributed by atoms with Gasteiger partial charge in [-0.05, 0) is 112 Å². The van der Waals surface area contributed by atoms with E-state index in [1.54, 1.807) is 0 Å². The van der Waals surface area contributed by atoms with E-state index in [0.717, 1.165) is 23.5 Å². The number of aromatic nitrogens is 1. The van der Waals surface area contributed by atoms with Crippen LogP contribution in [0.2, 0.25) is 0 Å². The van der Waals surface area contributed by atoms with Crippen LogP contribution in [0.3, 0.4) is 0 Å². The Balaban J connectivity index is 0.968. The first kappa shape index (κ1) is 31.4. The fourth-order valence-corrected chi connectivity index (χ4v) is 8.92. The van der Waals surface area contributed by atoms with Crippen molar-refractivity contribution in [2.24, 2.45) is 0 Å². The molecule has 1 atom stereocenters. The Bertz CT molecular complexity index is 2690. The molecule has 53 heavy (non-hydrogen) atoms. The number of hydrogen-bond acceptors (Lipinski definition) is 1. The van der Waals surface area contributed by atoms with E-state index in [1.165, 1.54) is 66.5 Å². The Morgan fingerprint density at radius 1 is 0.547 bits per heavy atom. The molecule has 254 valence electrons. The zero-order valence-corrected chi connectivity index (χ0v) is 30.1. The summed E-state index contributed by atoms with van der Waals surface area (Å²) in [6.45, 7) is 4.73. The Morgan fingerprint density at radius 3 is 1.92 bits per heavy atom. The van der Waals surface area contributed by atoms with Crippen LogP contribution in [-0.2, 0) is 5.41 Å². The van der Waals surface area contributed by atoms with Crippen molar-refractivity contribution in [3.8, 4) is 16.8 Å². The van der Waals surface area contributed by atoms with Crippen LogP contribution < -0.4 is 4.90 Å². The molecule has 2 heteroatoms. The number of para-hydroxylation sites is 3. The van der Waals surface area contributed by atoms with Gasteiger partial charge in [0, 0.05) is 44.9 Å². The van der Waals surface area contributed by atoms with Crippen molar-refractivity contribution >= 4 is 44.4 Å². The molecule has 2 aliphatic carbocycles. The van der Waals surface area contributed by atoms with Gasteiger partial charge >= 0.3 is 0 Å². The van der Waals surface area contributed by atoms with Gasteiger partial charge in [0.25, 0.3) is 0 Å². The summed E-state index contributed by atoms with van der Waals surface area (Å²) in [7, 11) is 0. The van der Waals surface area contributed by atoms with Crippen molar-refractivity contribution in [3.63, 3.8) is 0 Å². The third-order valence-corrected chi connectivity index (χ3v) is 11.6. The van der Waals surface area contributed by atoms with Gasteiger partial charge in [-0.3, -0.25) is 0 Å². The average molecular weight is 681 g/mol. The number of rotatable bonds is 6. The van der Waals surface area contributed by atoms with Gasteiger partial charge in [0.15, 0.2) is 0 Å². The summed E-state index contributed by atoms with van der Waals surface area (Å²) >= 11 is 0. The predicted octanol–water partition coefficient (Wildman–Crippen LogP) is 13.7. The lowest BCUT2D eigenvalue weighted by atomic mass is 9.78. The molecular formula is C51H40N2. The summed E-state index contributed by atoms with van der Waals surface area (Å²) in [5, 5.41) is 2.53. The van der Waals surface area contributed by atoms with E-state index < -0.39 is 0 Å². The molecule has 0 spiro atoms. The number of anilines is 3. The smallest absolute Gasteiger partial charge is 0.0541 e. The van der Waals surface area contributed by atoms with Gasteiger partial charge in [-0.2, -0.15) is 0 Å². The highest BCUT2D eigenvalue weighted by molar-refractivity contribution is 6.10. The van der Waals surface area contributed by atoms with Crippen molar-refractivity contribution < 1.29 is 0 Å². The van der Waals surface area contributed by atoms with Gasteiger partial charge in [-0.1, -0.05) is 135 Å². The Labute approximate surface area is 311 Å². The van der Waals surface area contributed by atoms with Gasteiger partial charge in [-0.15, -0.1) is 0 Å². The topological polar surface area (TPSA) is 8.17 Å². The maximum absolute atomic E-state index is 2.42. The van der Waals surface area contributed by atoms with Crippen LogP contribution in [0, 0.1) is 0 Å². The first-order chi connectivity index (χ1) is 26.0. The number of fused-ring (bicyclic) bond motifs is 5. The van der Waals surface area contributed by atoms with Crippen LogP contribution in [-0.4, -0.2) is 4.57 Å². The molecular weight excluding hydrogens is 641 g/mol. The van der Waals surface area contributed by atoms with Crippen LogP contribution in [0.1, 0.15) is 42.9 Å². The van der Waals surface area contributed by atoms with Gasteiger partial charge in [-0.25, -0.2) is 0 Å². The molecule has 7 aromatic carbocycles. The Hall–Kier alpha value is -6.38. The van der Waals surface area contributed by atoms with E-state index in [-0.39, 0.29) is 5.41 Å². The highest BCUT2D eigenvalue weighted by atomic mass is 15.1. The maximum atomic E-state index is 2.42. The van der Waals surface area contributed by atoms with Crippen molar-refractivity contribution in [2.45, 2.75) is 31.6 Å². The van der Waals surface area contributed by atoms with Gasteiger partial charge in [0.05, 0.1) is 11.0 Å². The SMILES string of the molecule is CC1(C)C2=C(CC(c3ccc(N(c4ccccc4)c4ccc(-c5ccc6c(c5)c5ccccc5n6-c5ccccc5)cc4)cc3)C=C2)c2ccccc21. The maximum Gasteiger partial charge on any atom is 0.0541 e. The summed E-state index contributed by atoms with van der Waals surface area (Å²) in [5.41, 5.74) is 16.7. The minimum atomic E-state index is 0.0541. The predicted molar refractivity (Wildman–Crippen MR) is 224 cm³/mol. The van der Waals surface area contributed by atoms with E-state index in [0.29, 0.717) is 5.92 Å². The molecule has 0 radical (unpaired) electrons. The summed E-state index contributed by atoms with van der Waals surface area (Å²) in [4.78, 5) is 2.36. The lowest BCUT2D eigenvalue weighted by molar-refractivity contribution is 0.649. The van der Waals surface area contributed by atoms with E-state index in [1.807, 2.05) is 0 Å². The standard InChI is InChI=1S/C51H40N2/c1-51(2)47-19-11-9-17-43(47)45-33-37(25-31-48(45)51)35-21-27-41(28-22-35)52(39-13-5-3-6-14-39)42-29-23-36(24-30-42)38-26-32-50-46(34-38)44-18-10-12-20-49(44)53(50)40-15-7-4-8-16-40/h3-32,34,37H,33H2,1-2H3. The quantitative estimate of drug-likeness (QED) is 0.170. The van der Waals surface area contributed by atoms with Crippen molar-refractivity contribution in [3.05, 3.63) is 210 Å². The summed E-state index contributed by atoms with van der Waals surface area (Å²) in [6, 6.07) is 64.2. The molecule has 0 fully saturated rings. The third kappa shape index (κ3) is 5.17. The first-order valence-electron chi connectivity index (χ1n) is 18.7. The van der Waals surface area contributed by atoms with Crippen LogP contribution in [0.5, 0.6) is 0 Å². The lowest BCUT2D eigenvalue weighted by Gasteiger charge is -2.27. The largest absolute Gasteiger partial charge is 0.311 e. The monoisotopic (exact) mass is 680 g/mol. The molecule has 1 unspecified atom stereocenters. The molecule has 0 bridgehead atoms. The fraction of sp³-hybridized carbons (Fsp3) is 0.0980. The van der Waals surface area contributed by atoms with Crippen LogP contribution in [0.25, 0.3) is 44.2 Å². The molecule has 0 saturated carbocycles. The molecule has 0 aliphatic heterocycles. The third-order valence-electron chi connectivity index (χ3n) is 11.6. The average Bonchev–Trinajstić information content (AvgIpc) is 3.67. The second-order valence-corrected chi connectivity index (χ2v) is 15.0. The lowest BCUT2D eigenvalue weighted by Crippen LogP contribution is -2.17. The van der Waals surface area contributed by atoms with Gasteiger partial charge < -0.3 is 9.47 Å². The summed E-state index contributed by atoms with van der Waals surface area (Å²) in [5.74, 6) is 0.355. The zero-order valence-electron chi connectivity index (χ0n) is 30.1. The van der Waals surface area contributed by atoms with Crippen LogP contribution in [0.15, 0.2) is 194 Å². The molecule has 0 N–H and O–H groups in total. The van der Waals surface area contributed by atoms with E-state index >= 15 is 0 Å².